The molecule has 55 heavy (non-hydrogen) atoms. The van der Waals surface area contributed by atoms with E-state index in [0.717, 1.165) is 61.9 Å². The van der Waals surface area contributed by atoms with Crippen molar-refractivity contribution in [2.75, 3.05) is 4.90 Å². The van der Waals surface area contributed by atoms with Crippen LogP contribution in [0, 0.1) is 0 Å². The van der Waals surface area contributed by atoms with Crippen LogP contribution >= 0.6 is 0 Å². The largest absolute Gasteiger partial charge is 0.456 e. The Balaban J connectivity index is 1.18. The first kappa shape index (κ1) is 31.6. The van der Waals surface area contributed by atoms with E-state index in [2.05, 4.69) is 207 Å². The minimum atomic E-state index is -0.132. The summed E-state index contributed by atoms with van der Waals surface area (Å²) in [6, 6.07) is 68.4. The number of benzene rings is 9. The second-order valence-electron chi connectivity index (χ2n) is 15.3. The molecule has 9 aromatic carbocycles. The van der Waals surface area contributed by atoms with Crippen molar-refractivity contribution in [3.8, 4) is 56.0 Å². The van der Waals surface area contributed by atoms with E-state index < -0.39 is 0 Å². The molecule has 0 aromatic heterocycles. The Kier molecular flexibility index (Phi) is 6.93. The summed E-state index contributed by atoms with van der Waals surface area (Å²) in [6.45, 7) is 4.70. The fourth-order valence-corrected chi connectivity index (χ4v) is 9.16. The number of anilines is 3. The molecule has 0 atom stereocenters. The first-order chi connectivity index (χ1) is 27.0. The number of para-hydroxylation sites is 1. The van der Waals surface area contributed by atoms with Crippen molar-refractivity contribution in [2.24, 2.45) is 0 Å². The second kappa shape index (κ2) is 12.1. The van der Waals surface area contributed by atoms with Crippen molar-refractivity contribution in [2.45, 2.75) is 19.3 Å². The summed E-state index contributed by atoms with van der Waals surface area (Å²) in [5.74, 6) is 1.68. The molecule has 9 aromatic rings. The fraction of sp³-hybridized carbons (Fsp3) is 0.0566. The molecular formula is C53H37NO. The predicted molar refractivity (Wildman–Crippen MR) is 230 cm³/mol. The number of rotatable bonds is 4. The Morgan fingerprint density at radius 1 is 0.382 bits per heavy atom. The van der Waals surface area contributed by atoms with Crippen molar-refractivity contribution in [3.05, 3.63) is 199 Å². The summed E-state index contributed by atoms with van der Waals surface area (Å²) >= 11 is 0. The van der Waals surface area contributed by atoms with Gasteiger partial charge in [-0.25, -0.2) is 0 Å². The lowest BCUT2D eigenvalue weighted by atomic mass is 9.82. The third-order valence-electron chi connectivity index (χ3n) is 11.8. The van der Waals surface area contributed by atoms with Gasteiger partial charge in [-0.05, 0) is 127 Å². The minimum absolute atomic E-state index is 0.132. The smallest absolute Gasteiger partial charge is 0.137 e. The van der Waals surface area contributed by atoms with Crippen LogP contribution in [0.4, 0.5) is 17.1 Å². The van der Waals surface area contributed by atoms with Gasteiger partial charge in [0, 0.05) is 27.9 Å². The Labute approximate surface area is 321 Å². The first-order valence-corrected chi connectivity index (χ1v) is 19.1. The summed E-state index contributed by atoms with van der Waals surface area (Å²) < 4.78 is 7.15. The number of hydrogen-bond acceptors (Lipinski definition) is 2. The van der Waals surface area contributed by atoms with E-state index in [9.17, 15) is 0 Å². The molecule has 0 fully saturated rings. The van der Waals surface area contributed by atoms with Crippen LogP contribution in [0.25, 0.3) is 66.1 Å². The molecule has 1 aliphatic carbocycles. The standard InChI is InChI=1S/C53H37NO/c1-53(2)46-22-11-10-20-42(46)43-29-28-40(33-47(43)53)54(39-18-4-3-5-19-39)48-23-13-25-50-52(48)45-32-37-17-9-8-16-36(37)31-44(45)51-41(21-12-24-49(51)55-50)38-27-26-34-14-6-7-15-35(34)30-38/h3-33H,1-2H3. The molecule has 0 radical (unpaired) electrons. The molecule has 0 amide bonds. The van der Waals surface area contributed by atoms with Crippen LogP contribution < -0.4 is 9.64 Å². The molecule has 11 rings (SSSR count). The molecule has 1 aliphatic heterocycles. The lowest BCUT2D eigenvalue weighted by Crippen LogP contribution is -2.17. The quantitative estimate of drug-likeness (QED) is 0.181. The van der Waals surface area contributed by atoms with Crippen LogP contribution in [-0.2, 0) is 5.41 Å². The van der Waals surface area contributed by atoms with Gasteiger partial charge in [0.2, 0.25) is 0 Å². The summed E-state index contributed by atoms with van der Waals surface area (Å²) in [4.78, 5) is 2.42. The zero-order valence-electron chi connectivity index (χ0n) is 30.8. The number of nitrogens with zero attached hydrogens (tertiary/aromatic N) is 1. The summed E-state index contributed by atoms with van der Waals surface area (Å²) in [5, 5.41) is 4.84. The molecule has 260 valence electrons. The van der Waals surface area contributed by atoms with Crippen molar-refractivity contribution < 1.29 is 4.74 Å². The third-order valence-corrected chi connectivity index (χ3v) is 11.8. The van der Waals surface area contributed by atoms with Gasteiger partial charge in [0.05, 0.1) is 5.69 Å². The number of ether oxygens (including phenoxy) is 1. The van der Waals surface area contributed by atoms with Crippen molar-refractivity contribution >= 4 is 38.6 Å². The van der Waals surface area contributed by atoms with Crippen LogP contribution in [-0.4, -0.2) is 0 Å². The molecule has 2 heteroatoms. The lowest BCUT2D eigenvalue weighted by Gasteiger charge is -2.30. The number of hydrogen-bond donors (Lipinski definition) is 0. The minimum Gasteiger partial charge on any atom is -0.456 e. The van der Waals surface area contributed by atoms with E-state index in [4.69, 9.17) is 4.74 Å². The Hall–Kier alpha value is -6.90. The predicted octanol–water partition coefficient (Wildman–Crippen LogP) is 14.9. The van der Waals surface area contributed by atoms with Gasteiger partial charge in [0.1, 0.15) is 11.5 Å². The zero-order chi connectivity index (χ0) is 36.7. The van der Waals surface area contributed by atoms with E-state index in [1.807, 2.05) is 0 Å². The van der Waals surface area contributed by atoms with Crippen LogP contribution in [0.15, 0.2) is 188 Å². The molecule has 0 N–H and O–H groups in total. The van der Waals surface area contributed by atoms with Crippen LogP contribution in [0.1, 0.15) is 25.0 Å². The highest BCUT2D eigenvalue weighted by Crippen LogP contribution is 2.56. The summed E-state index contributed by atoms with van der Waals surface area (Å²) in [6.07, 6.45) is 0. The molecule has 0 spiro atoms. The number of fused-ring (bicyclic) bond motifs is 10. The maximum Gasteiger partial charge on any atom is 0.137 e. The zero-order valence-corrected chi connectivity index (χ0v) is 30.8. The topological polar surface area (TPSA) is 12.5 Å². The van der Waals surface area contributed by atoms with Gasteiger partial charge in [-0.15, -0.1) is 0 Å². The first-order valence-electron chi connectivity index (χ1n) is 19.1. The van der Waals surface area contributed by atoms with E-state index >= 15 is 0 Å². The second-order valence-corrected chi connectivity index (χ2v) is 15.3. The third kappa shape index (κ3) is 4.88. The average molecular weight is 704 g/mol. The molecular weight excluding hydrogens is 667 g/mol. The van der Waals surface area contributed by atoms with E-state index in [-0.39, 0.29) is 5.41 Å². The van der Waals surface area contributed by atoms with Gasteiger partial charge in [0.25, 0.3) is 0 Å². The van der Waals surface area contributed by atoms with Gasteiger partial charge in [-0.1, -0.05) is 141 Å². The SMILES string of the molecule is CC1(C)c2ccccc2-c2ccc(N(c3ccccc3)c3cccc4c3-c3cc5ccccc5cc3-c3c(cccc3-c3ccc5ccccc5c3)O4)cc21. The van der Waals surface area contributed by atoms with Crippen LogP contribution in [0.3, 0.4) is 0 Å². The maximum atomic E-state index is 7.15. The molecule has 0 saturated heterocycles. The van der Waals surface area contributed by atoms with Crippen LogP contribution in [0.5, 0.6) is 11.5 Å². The fourth-order valence-electron chi connectivity index (χ4n) is 9.16. The molecule has 1 heterocycles. The van der Waals surface area contributed by atoms with Crippen molar-refractivity contribution in [1.82, 2.24) is 0 Å². The van der Waals surface area contributed by atoms with Gasteiger partial charge >= 0.3 is 0 Å². The molecule has 2 aliphatic rings. The highest BCUT2D eigenvalue weighted by Gasteiger charge is 2.36. The van der Waals surface area contributed by atoms with Crippen molar-refractivity contribution in [3.63, 3.8) is 0 Å². The van der Waals surface area contributed by atoms with Gasteiger partial charge < -0.3 is 9.64 Å². The van der Waals surface area contributed by atoms with Gasteiger partial charge in [0.15, 0.2) is 0 Å². The molecule has 0 saturated carbocycles. The summed E-state index contributed by atoms with van der Waals surface area (Å²) in [7, 11) is 0. The molecule has 0 unspecified atom stereocenters. The van der Waals surface area contributed by atoms with E-state index in [1.54, 1.807) is 0 Å². The highest BCUT2D eigenvalue weighted by molar-refractivity contribution is 6.07. The van der Waals surface area contributed by atoms with E-state index in [1.165, 1.54) is 43.8 Å². The molecule has 0 bridgehead atoms. The average Bonchev–Trinajstić information content (AvgIpc) is 3.36. The highest BCUT2D eigenvalue weighted by atomic mass is 16.5. The van der Waals surface area contributed by atoms with Crippen molar-refractivity contribution in [1.29, 1.82) is 0 Å². The lowest BCUT2D eigenvalue weighted by molar-refractivity contribution is 0.488. The van der Waals surface area contributed by atoms with Gasteiger partial charge in [-0.2, -0.15) is 0 Å². The van der Waals surface area contributed by atoms with E-state index in [0.29, 0.717) is 0 Å². The normalized spacial score (nSPS) is 13.2. The van der Waals surface area contributed by atoms with Crippen LogP contribution in [0.2, 0.25) is 0 Å². The van der Waals surface area contributed by atoms with Gasteiger partial charge in [-0.3, -0.25) is 0 Å². The summed E-state index contributed by atoms with van der Waals surface area (Å²) in [5.41, 5.74) is 15.2. The Morgan fingerprint density at radius 3 is 1.76 bits per heavy atom. The molecule has 2 nitrogen and oxygen atoms in total. The Morgan fingerprint density at radius 2 is 0.982 bits per heavy atom. The maximum absolute atomic E-state index is 7.15. The monoisotopic (exact) mass is 703 g/mol. The Bertz CT molecular complexity index is 2990.